The summed E-state index contributed by atoms with van der Waals surface area (Å²) in [6.45, 7) is 7.20. The highest BCUT2D eigenvalue weighted by Gasteiger charge is 2.16. The van der Waals surface area contributed by atoms with Crippen molar-refractivity contribution >= 4 is 11.3 Å². The Morgan fingerprint density at radius 1 is 1.27 bits per heavy atom. The molecule has 22 heavy (non-hydrogen) atoms. The number of unbranched alkanes of at least 4 members (excludes halogenated alkanes) is 1. The molecule has 0 bridgehead atoms. The van der Waals surface area contributed by atoms with Gasteiger partial charge >= 0.3 is 4.87 Å². The van der Waals surface area contributed by atoms with Crippen LogP contribution in [0, 0.1) is 0 Å². The SMILES string of the molecule is CCCCN(CC)Cc1sc(=O)[nH]c1-c1ccccc1OC. The molecule has 4 nitrogen and oxygen atoms in total. The average Bonchev–Trinajstić information content (AvgIpc) is 2.91. The molecule has 0 saturated carbocycles. The molecule has 0 spiro atoms. The van der Waals surface area contributed by atoms with Gasteiger partial charge in [-0.3, -0.25) is 9.69 Å². The van der Waals surface area contributed by atoms with Crippen molar-refractivity contribution < 1.29 is 4.74 Å². The second-order valence-corrected chi connectivity index (χ2v) is 6.30. The molecule has 1 N–H and O–H groups in total. The van der Waals surface area contributed by atoms with Gasteiger partial charge in [-0.25, -0.2) is 0 Å². The zero-order chi connectivity index (χ0) is 15.9. The van der Waals surface area contributed by atoms with Crippen LogP contribution in [0.25, 0.3) is 11.3 Å². The van der Waals surface area contributed by atoms with Crippen molar-refractivity contribution in [2.45, 2.75) is 33.2 Å². The fraction of sp³-hybridized carbons (Fsp3) is 0.471. The second kappa shape index (κ2) is 8.15. The van der Waals surface area contributed by atoms with Gasteiger partial charge in [0.25, 0.3) is 0 Å². The van der Waals surface area contributed by atoms with Crippen molar-refractivity contribution in [1.82, 2.24) is 9.88 Å². The maximum atomic E-state index is 11.9. The van der Waals surface area contributed by atoms with E-state index in [0.717, 1.165) is 41.5 Å². The molecule has 1 aromatic heterocycles. The molecule has 0 atom stereocenters. The van der Waals surface area contributed by atoms with Gasteiger partial charge in [0, 0.05) is 17.0 Å². The summed E-state index contributed by atoms with van der Waals surface area (Å²) in [5.74, 6) is 0.786. The number of aromatic amines is 1. The Balaban J connectivity index is 2.32. The summed E-state index contributed by atoms with van der Waals surface area (Å²) >= 11 is 1.30. The number of methoxy groups -OCH3 is 1. The Morgan fingerprint density at radius 2 is 2.05 bits per heavy atom. The van der Waals surface area contributed by atoms with Crippen molar-refractivity contribution in [2.24, 2.45) is 0 Å². The van der Waals surface area contributed by atoms with E-state index in [9.17, 15) is 4.79 Å². The maximum Gasteiger partial charge on any atom is 0.305 e. The van der Waals surface area contributed by atoms with E-state index in [2.05, 4.69) is 23.7 Å². The highest BCUT2D eigenvalue weighted by atomic mass is 32.1. The third-order valence-corrected chi connectivity index (χ3v) is 4.61. The Hall–Kier alpha value is -1.59. The quantitative estimate of drug-likeness (QED) is 0.806. The largest absolute Gasteiger partial charge is 0.496 e. The minimum absolute atomic E-state index is 0.0116. The van der Waals surface area contributed by atoms with Crippen LogP contribution >= 0.6 is 11.3 Å². The van der Waals surface area contributed by atoms with Crippen molar-refractivity contribution in [3.63, 3.8) is 0 Å². The van der Waals surface area contributed by atoms with E-state index in [1.165, 1.54) is 24.2 Å². The Labute approximate surface area is 135 Å². The minimum Gasteiger partial charge on any atom is -0.496 e. The zero-order valence-electron chi connectivity index (χ0n) is 13.5. The van der Waals surface area contributed by atoms with E-state index >= 15 is 0 Å². The van der Waals surface area contributed by atoms with E-state index in [0.29, 0.717) is 0 Å². The lowest BCUT2D eigenvalue weighted by Crippen LogP contribution is -2.23. The van der Waals surface area contributed by atoms with Crippen LogP contribution in [0.5, 0.6) is 5.75 Å². The van der Waals surface area contributed by atoms with Gasteiger partial charge in [-0.1, -0.05) is 43.7 Å². The molecule has 2 aromatic rings. The van der Waals surface area contributed by atoms with Gasteiger partial charge in [0.05, 0.1) is 12.8 Å². The number of thiazole rings is 1. The first-order valence-corrected chi connectivity index (χ1v) is 8.59. The first kappa shape index (κ1) is 16.8. The van der Waals surface area contributed by atoms with Crippen LogP contribution in [0.15, 0.2) is 29.1 Å². The summed E-state index contributed by atoms with van der Waals surface area (Å²) in [7, 11) is 1.66. The molecule has 1 aromatic carbocycles. The second-order valence-electron chi connectivity index (χ2n) is 5.24. The number of nitrogens with one attached hydrogen (secondary N) is 1. The van der Waals surface area contributed by atoms with Crippen molar-refractivity contribution in [3.8, 4) is 17.0 Å². The van der Waals surface area contributed by atoms with E-state index in [4.69, 9.17) is 4.74 Å². The number of H-pyrrole nitrogens is 1. The lowest BCUT2D eigenvalue weighted by atomic mass is 10.1. The monoisotopic (exact) mass is 320 g/mol. The van der Waals surface area contributed by atoms with Crippen molar-refractivity contribution in [1.29, 1.82) is 0 Å². The Bertz CT molecular complexity index is 648. The normalized spacial score (nSPS) is 11.1. The number of benzene rings is 1. The van der Waals surface area contributed by atoms with Crippen molar-refractivity contribution in [2.75, 3.05) is 20.2 Å². The predicted molar refractivity (Wildman–Crippen MR) is 92.8 cm³/mol. The number of nitrogens with zero attached hydrogens (tertiary/aromatic N) is 1. The van der Waals surface area contributed by atoms with Crippen LogP contribution in [0.1, 0.15) is 31.6 Å². The van der Waals surface area contributed by atoms with Gasteiger partial charge in [-0.15, -0.1) is 0 Å². The molecule has 0 aliphatic heterocycles. The van der Waals surface area contributed by atoms with E-state index in [-0.39, 0.29) is 4.87 Å². The van der Waals surface area contributed by atoms with E-state index in [1.54, 1.807) is 7.11 Å². The first-order valence-electron chi connectivity index (χ1n) is 7.77. The summed E-state index contributed by atoms with van der Waals surface area (Å²) in [5, 5.41) is 0. The average molecular weight is 320 g/mol. The topological polar surface area (TPSA) is 45.3 Å². The van der Waals surface area contributed by atoms with Crippen LogP contribution in [-0.2, 0) is 6.54 Å². The van der Waals surface area contributed by atoms with Gasteiger partial charge in [0.2, 0.25) is 0 Å². The number of para-hydroxylation sites is 1. The number of rotatable bonds is 8. The summed E-state index contributed by atoms with van der Waals surface area (Å²) < 4.78 is 5.43. The van der Waals surface area contributed by atoms with Gasteiger partial charge in [0.15, 0.2) is 0 Å². The number of hydrogen-bond donors (Lipinski definition) is 1. The summed E-state index contributed by atoms with van der Waals surface area (Å²) in [6.07, 6.45) is 2.36. The third-order valence-electron chi connectivity index (χ3n) is 3.74. The number of ether oxygens (including phenoxy) is 1. The molecule has 0 fully saturated rings. The van der Waals surface area contributed by atoms with Crippen molar-refractivity contribution in [3.05, 3.63) is 38.8 Å². The Kier molecular flexibility index (Phi) is 6.21. The summed E-state index contributed by atoms with van der Waals surface area (Å²) in [5.41, 5.74) is 1.84. The predicted octanol–water partition coefficient (Wildman–Crippen LogP) is 3.73. The smallest absolute Gasteiger partial charge is 0.305 e. The molecule has 0 aliphatic carbocycles. The number of hydrogen-bond acceptors (Lipinski definition) is 4. The lowest BCUT2D eigenvalue weighted by Gasteiger charge is -2.20. The fourth-order valence-electron chi connectivity index (χ4n) is 2.47. The van der Waals surface area contributed by atoms with Crippen LogP contribution < -0.4 is 9.61 Å². The van der Waals surface area contributed by atoms with Gasteiger partial charge < -0.3 is 9.72 Å². The maximum absolute atomic E-state index is 11.9. The third kappa shape index (κ3) is 3.99. The number of aromatic nitrogens is 1. The minimum atomic E-state index is -0.0116. The molecule has 0 aliphatic rings. The van der Waals surface area contributed by atoms with E-state index < -0.39 is 0 Å². The van der Waals surface area contributed by atoms with Crippen LogP contribution in [0.4, 0.5) is 0 Å². The highest BCUT2D eigenvalue weighted by molar-refractivity contribution is 7.09. The molecule has 1 heterocycles. The molecule has 0 saturated heterocycles. The standard InChI is InChI=1S/C17H24N2O2S/c1-4-6-11-19(5-2)12-15-16(18-17(20)22-15)13-9-7-8-10-14(13)21-3/h7-10H,4-6,11-12H2,1-3H3,(H,18,20). The summed E-state index contributed by atoms with van der Waals surface area (Å²) in [6, 6.07) is 7.81. The first-order chi connectivity index (χ1) is 10.7. The van der Waals surface area contributed by atoms with Crippen LogP contribution in [0.3, 0.4) is 0 Å². The zero-order valence-corrected chi connectivity index (χ0v) is 14.3. The molecule has 5 heteroatoms. The molecular formula is C17H24N2O2S. The Morgan fingerprint density at radius 3 is 2.73 bits per heavy atom. The van der Waals surface area contributed by atoms with E-state index in [1.807, 2.05) is 24.3 Å². The molecule has 120 valence electrons. The van der Waals surface area contributed by atoms with Gasteiger partial charge in [-0.2, -0.15) is 0 Å². The summed E-state index contributed by atoms with van der Waals surface area (Å²) in [4.78, 5) is 18.3. The highest BCUT2D eigenvalue weighted by Crippen LogP contribution is 2.32. The molecule has 2 rings (SSSR count). The van der Waals surface area contributed by atoms with Gasteiger partial charge in [0.1, 0.15) is 5.75 Å². The molecule has 0 amide bonds. The van der Waals surface area contributed by atoms with Gasteiger partial charge in [-0.05, 0) is 31.6 Å². The molecular weight excluding hydrogens is 296 g/mol. The van der Waals surface area contributed by atoms with Crippen LogP contribution in [0.2, 0.25) is 0 Å². The van der Waals surface area contributed by atoms with Crippen LogP contribution in [-0.4, -0.2) is 30.1 Å². The molecule has 0 unspecified atom stereocenters. The lowest BCUT2D eigenvalue weighted by molar-refractivity contribution is 0.278. The fourth-order valence-corrected chi connectivity index (χ4v) is 3.36. The molecule has 0 radical (unpaired) electrons.